The first-order chi connectivity index (χ1) is 8.92. The summed E-state index contributed by atoms with van der Waals surface area (Å²) in [6.45, 7) is 5.34. The molecule has 102 valence electrons. The quantitative estimate of drug-likeness (QED) is 0.863. The summed E-state index contributed by atoms with van der Waals surface area (Å²) in [5, 5.41) is 8.79. The molecule has 0 atom stereocenters. The van der Waals surface area contributed by atoms with Crippen LogP contribution in [0.1, 0.15) is 34.7 Å². The molecule has 1 N–H and O–H groups in total. The van der Waals surface area contributed by atoms with Gasteiger partial charge < -0.3 is 14.7 Å². The Morgan fingerprint density at radius 2 is 2.16 bits per heavy atom. The van der Waals surface area contributed by atoms with Gasteiger partial charge >= 0.3 is 5.97 Å². The molecule has 0 radical (unpaired) electrons. The molecule has 0 spiro atoms. The minimum absolute atomic E-state index is 0.0674. The number of carboxylic acid groups (broad SMARTS) is 1. The van der Waals surface area contributed by atoms with Crippen LogP contribution in [-0.4, -0.2) is 52.2 Å². The zero-order valence-corrected chi connectivity index (χ0v) is 10.9. The minimum atomic E-state index is -1.06. The molecule has 6 heteroatoms. The van der Waals surface area contributed by atoms with E-state index in [4.69, 9.17) is 9.84 Å². The van der Waals surface area contributed by atoms with E-state index in [9.17, 15) is 9.59 Å². The lowest BCUT2D eigenvalue weighted by Crippen LogP contribution is -2.55. The van der Waals surface area contributed by atoms with Gasteiger partial charge in [0.05, 0.1) is 24.3 Å². The number of rotatable bonds is 2. The average Bonchev–Trinajstić information content (AvgIpc) is 2.37. The van der Waals surface area contributed by atoms with E-state index in [0.717, 1.165) is 0 Å². The molecule has 1 aromatic rings. The highest BCUT2D eigenvalue weighted by molar-refractivity contribution is 5.94. The van der Waals surface area contributed by atoms with Crippen molar-refractivity contribution in [1.82, 2.24) is 9.88 Å². The molecule has 2 heterocycles. The summed E-state index contributed by atoms with van der Waals surface area (Å²) in [4.78, 5) is 28.7. The van der Waals surface area contributed by atoms with E-state index in [1.54, 1.807) is 4.90 Å². The molecule has 0 saturated carbocycles. The van der Waals surface area contributed by atoms with E-state index in [2.05, 4.69) is 4.98 Å². The van der Waals surface area contributed by atoms with Crippen molar-refractivity contribution < 1.29 is 19.4 Å². The van der Waals surface area contributed by atoms with Crippen molar-refractivity contribution in [2.24, 2.45) is 0 Å². The van der Waals surface area contributed by atoms with Gasteiger partial charge in [0.1, 0.15) is 5.69 Å². The van der Waals surface area contributed by atoms with Crippen molar-refractivity contribution in [3.05, 3.63) is 29.6 Å². The normalized spacial score (nSPS) is 18.1. The molecule has 1 aliphatic heterocycles. The largest absolute Gasteiger partial charge is 0.478 e. The van der Waals surface area contributed by atoms with Crippen LogP contribution >= 0.6 is 0 Å². The number of hydrogen-bond donors (Lipinski definition) is 1. The predicted molar refractivity (Wildman–Crippen MR) is 67.1 cm³/mol. The van der Waals surface area contributed by atoms with Gasteiger partial charge in [-0.1, -0.05) is 0 Å². The standard InChI is InChI=1S/C13H16N2O4/c1-13(2)8-19-6-5-15(13)11(16)10-4-3-9(7-14-10)12(17)18/h3-4,7H,5-6,8H2,1-2H3,(H,17,18). The third-order valence-electron chi connectivity index (χ3n) is 3.12. The monoisotopic (exact) mass is 264 g/mol. The van der Waals surface area contributed by atoms with Crippen LogP contribution in [-0.2, 0) is 4.74 Å². The van der Waals surface area contributed by atoms with Crippen LogP contribution < -0.4 is 0 Å². The fraction of sp³-hybridized carbons (Fsp3) is 0.462. The number of hydrogen-bond acceptors (Lipinski definition) is 4. The highest BCUT2D eigenvalue weighted by Crippen LogP contribution is 2.21. The summed E-state index contributed by atoms with van der Waals surface area (Å²) in [6, 6.07) is 2.83. The van der Waals surface area contributed by atoms with Crippen molar-refractivity contribution in [3.63, 3.8) is 0 Å². The molecule has 2 rings (SSSR count). The van der Waals surface area contributed by atoms with Crippen LogP contribution in [0.15, 0.2) is 18.3 Å². The maximum absolute atomic E-state index is 12.4. The lowest BCUT2D eigenvalue weighted by molar-refractivity contribution is -0.0373. The highest BCUT2D eigenvalue weighted by atomic mass is 16.5. The number of ether oxygens (including phenoxy) is 1. The second kappa shape index (κ2) is 4.97. The Kier molecular flexibility index (Phi) is 3.53. The van der Waals surface area contributed by atoms with Crippen LogP contribution in [0.3, 0.4) is 0 Å². The average molecular weight is 264 g/mol. The number of carbonyl (C=O) groups is 2. The number of carbonyl (C=O) groups excluding carboxylic acids is 1. The van der Waals surface area contributed by atoms with E-state index in [1.165, 1.54) is 18.3 Å². The minimum Gasteiger partial charge on any atom is -0.478 e. The fourth-order valence-electron chi connectivity index (χ4n) is 2.02. The van der Waals surface area contributed by atoms with Gasteiger partial charge in [-0.05, 0) is 26.0 Å². The lowest BCUT2D eigenvalue weighted by atomic mass is 10.0. The van der Waals surface area contributed by atoms with Crippen LogP contribution in [0.4, 0.5) is 0 Å². The zero-order valence-electron chi connectivity index (χ0n) is 10.9. The van der Waals surface area contributed by atoms with E-state index in [-0.39, 0.29) is 22.7 Å². The molecular formula is C13H16N2O4. The number of aromatic nitrogens is 1. The Labute approximate surface area is 111 Å². The second-order valence-electron chi connectivity index (χ2n) is 5.06. The first-order valence-corrected chi connectivity index (χ1v) is 6.01. The topological polar surface area (TPSA) is 79.7 Å². The van der Waals surface area contributed by atoms with Gasteiger partial charge in [0.15, 0.2) is 0 Å². The van der Waals surface area contributed by atoms with Crippen LogP contribution in [0.25, 0.3) is 0 Å². The van der Waals surface area contributed by atoms with Crippen molar-refractivity contribution in [1.29, 1.82) is 0 Å². The summed E-state index contributed by atoms with van der Waals surface area (Å²) >= 11 is 0. The molecule has 1 amide bonds. The lowest BCUT2D eigenvalue weighted by Gasteiger charge is -2.41. The zero-order chi connectivity index (χ0) is 14.0. The van der Waals surface area contributed by atoms with Gasteiger partial charge in [-0.15, -0.1) is 0 Å². The molecule has 0 bridgehead atoms. The van der Waals surface area contributed by atoms with Gasteiger partial charge in [-0.2, -0.15) is 0 Å². The number of carboxylic acids is 1. The Balaban J connectivity index is 2.21. The summed E-state index contributed by atoms with van der Waals surface area (Å²) < 4.78 is 5.36. The van der Waals surface area contributed by atoms with Crippen LogP contribution in [0.5, 0.6) is 0 Å². The predicted octanol–water partition coefficient (Wildman–Crippen LogP) is 1.03. The Hall–Kier alpha value is -1.95. The van der Waals surface area contributed by atoms with Crippen molar-refractivity contribution >= 4 is 11.9 Å². The molecule has 19 heavy (non-hydrogen) atoms. The first-order valence-electron chi connectivity index (χ1n) is 6.01. The Morgan fingerprint density at radius 3 is 2.68 bits per heavy atom. The van der Waals surface area contributed by atoms with E-state index >= 15 is 0 Å². The molecule has 1 saturated heterocycles. The number of morpholine rings is 1. The molecule has 1 aliphatic rings. The smallest absolute Gasteiger partial charge is 0.337 e. The Morgan fingerprint density at radius 1 is 1.42 bits per heavy atom. The summed E-state index contributed by atoms with van der Waals surface area (Å²) in [7, 11) is 0. The summed E-state index contributed by atoms with van der Waals surface area (Å²) in [6.07, 6.45) is 1.20. The number of pyridine rings is 1. The first kappa shape index (κ1) is 13.5. The van der Waals surface area contributed by atoms with Crippen molar-refractivity contribution in [2.75, 3.05) is 19.8 Å². The van der Waals surface area contributed by atoms with Crippen LogP contribution in [0.2, 0.25) is 0 Å². The molecular weight excluding hydrogens is 248 g/mol. The SMILES string of the molecule is CC1(C)COCCN1C(=O)c1ccc(C(=O)O)cn1. The number of aromatic carboxylic acids is 1. The van der Waals surface area contributed by atoms with E-state index in [0.29, 0.717) is 19.8 Å². The molecule has 1 aromatic heterocycles. The van der Waals surface area contributed by atoms with Gasteiger partial charge in [-0.3, -0.25) is 9.78 Å². The number of nitrogens with zero attached hydrogens (tertiary/aromatic N) is 2. The van der Waals surface area contributed by atoms with Gasteiger partial charge in [-0.25, -0.2) is 4.79 Å². The van der Waals surface area contributed by atoms with E-state index in [1.807, 2.05) is 13.8 Å². The summed E-state index contributed by atoms with van der Waals surface area (Å²) in [5.41, 5.74) is -0.0691. The van der Waals surface area contributed by atoms with Crippen molar-refractivity contribution in [3.8, 4) is 0 Å². The van der Waals surface area contributed by atoms with Gasteiger partial charge in [0.25, 0.3) is 5.91 Å². The third-order valence-corrected chi connectivity index (χ3v) is 3.12. The highest BCUT2D eigenvalue weighted by Gasteiger charge is 2.35. The molecule has 0 unspecified atom stereocenters. The number of amides is 1. The van der Waals surface area contributed by atoms with Crippen LogP contribution in [0, 0.1) is 0 Å². The summed E-state index contributed by atoms with van der Waals surface area (Å²) in [5.74, 6) is -1.26. The molecule has 0 aromatic carbocycles. The van der Waals surface area contributed by atoms with E-state index < -0.39 is 5.97 Å². The maximum Gasteiger partial charge on any atom is 0.337 e. The van der Waals surface area contributed by atoms with Gasteiger partial charge in [0.2, 0.25) is 0 Å². The fourth-order valence-corrected chi connectivity index (χ4v) is 2.02. The van der Waals surface area contributed by atoms with Gasteiger partial charge in [0, 0.05) is 12.7 Å². The molecule has 1 fully saturated rings. The Bertz CT molecular complexity index is 496. The molecule has 0 aliphatic carbocycles. The third kappa shape index (κ3) is 2.73. The second-order valence-corrected chi connectivity index (χ2v) is 5.06. The molecule has 6 nitrogen and oxygen atoms in total. The maximum atomic E-state index is 12.4. The van der Waals surface area contributed by atoms with Crippen molar-refractivity contribution in [2.45, 2.75) is 19.4 Å².